The molecule has 2 aliphatic rings. The molecule has 0 amide bonds. The van der Waals surface area contributed by atoms with E-state index >= 15 is 0 Å². The van der Waals surface area contributed by atoms with Gasteiger partial charge in [0, 0.05) is 56.1 Å². The van der Waals surface area contributed by atoms with Gasteiger partial charge < -0.3 is 4.90 Å². The third kappa shape index (κ3) is 3.61. The number of allylic oxidation sites excluding steroid dienone is 2. The minimum atomic E-state index is -2.53. The highest BCUT2D eigenvalue weighted by Gasteiger charge is 2.47. The lowest BCUT2D eigenvalue weighted by Gasteiger charge is -2.39. The van der Waals surface area contributed by atoms with Crippen LogP contribution in [0.3, 0.4) is 0 Å². The second kappa shape index (κ2) is 8.95. The van der Waals surface area contributed by atoms with Crippen LogP contribution in [0.25, 0.3) is 0 Å². The molecule has 10 heteroatoms. The number of benzene rings is 2. The Morgan fingerprint density at radius 3 is 2.44 bits per heavy atom. The third-order valence-electron chi connectivity index (χ3n) is 6.70. The van der Waals surface area contributed by atoms with Crippen molar-refractivity contribution in [3.05, 3.63) is 73.6 Å². The van der Waals surface area contributed by atoms with Crippen molar-refractivity contribution in [1.82, 2.24) is 9.45 Å². The van der Waals surface area contributed by atoms with Crippen LogP contribution in [0.4, 0.5) is 17.1 Å². The van der Waals surface area contributed by atoms with Crippen LogP contribution in [0.1, 0.15) is 33.3 Å². The molecule has 2 heterocycles. The first-order valence-electron chi connectivity index (χ1n) is 11.3. The largest absolute Gasteiger partial charge is 0.346 e. The van der Waals surface area contributed by atoms with Crippen LogP contribution in [-0.2, 0) is 5.41 Å². The predicted octanol–water partition coefficient (Wildman–Crippen LogP) is 6.93. The third-order valence-corrected chi connectivity index (χ3v) is 11.1. The first kappa shape index (κ1) is 24.6. The van der Waals surface area contributed by atoms with Gasteiger partial charge in [0.15, 0.2) is 7.36 Å². The lowest BCUT2D eigenvalue weighted by molar-refractivity contribution is -0.384. The summed E-state index contributed by atoms with van der Waals surface area (Å²) >= 11 is 3.54. The van der Waals surface area contributed by atoms with Crippen molar-refractivity contribution in [2.24, 2.45) is 9.85 Å². The van der Waals surface area contributed by atoms with Crippen molar-refractivity contribution >= 4 is 46.6 Å². The average Bonchev–Trinajstić information content (AvgIpc) is 3.21. The highest BCUT2D eigenvalue weighted by molar-refractivity contribution is 9.10. The fourth-order valence-electron chi connectivity index (χ4n) is 5.08. The van der Waals surface area contributed by atoms with Gasteiger partial charge in [-0.3, -0.25) is 10.1 Å². The number of hydrogen-bond donors (Lipinski definition) is 0. The molecule has 0 bridgehead atoms. The second-order valence-corrected chi connectivity index (χ2v) is 12.7. The van der Waals surface area contributed by atoms with Gasteiger partial charge in [-0.15, -0.1) is 0 Å². The monoisotopic (exact) mass is 544 g/mol. The number of nitro benzene ring substituents is 1. The molecule has 1 atom stereocenters. The van der Waals surface area contributed by atoms with Gasteiger partial charge in [-0.2, -0.15) is 5.10 Å². The van der Waals surface area contributed by atoms with E-state index in [2.05, 4.69) is 84.5 Å². The van der Waals surface area contributed by atoms with Crippen molar-refractivity contribution in [3.63, 3.8) is 0 Å². The van der Waals surface area contributed by atoms with E-state index in [0.29, 0.717) is 10.2 Å². The Balaban J connectivity index is 2.05. The van der Waals surface area contributed by atoms with Gasteiger partial charge in [0.2, 0.25) is 0 Å². The maximum absolute atomic E-state index is 11.3. The van der Waals surface area contributed by atoms with Crippen LogP contribution in [0.15, 0.2) is 67.8 Å². The van der Waals surface area contributed by atoms with Crippen LogP contribution in [0, 0.1) is 10.1 Å². The summed E-state index contributed by atoms with van der Waals surface area (Å²) in [5.74, 6) is 0. The number of fused-ring (bicyclic) bond motifs is 1. The van der Waals surface area contributed by atoms with Crippen molar-refractivity contribution in [1.29, 1.82) is 0 Å². The lowest BCUT2D eigenvalue weighted by Crippen LogP contribution is -2.30. The molecule has 0 aromatic heterocycles. The van der Waals surface area contributed by atoms with E-state index in [1.54, 1.807) is 6.07 Å². The van der Waals surface area contributed by atoms with Gasteiger partial charge in [0.1, 0.15) is 0 Å². The summed E-state index contributed by atoms with van der Waals surface area (Å²) < 4.78 is 10.4. The fourth-order valence-corrected chi connectivity index (χ4v) is 9.40. The van der Waals surface area contributed by atoms with Gasteiger partial charge in [-0.05, 0) is 33.6 Å². The average molecular weight is 545 g/mol. The van der Waals surface area contributed by atoms with E-state index in [-0.39, 0.29) is 11.1 Å². The van der Waals surface area contributed by atoms with E-state index in [9.17, 15) is 10.1 Å². The summed E-state index contributed by atoms with van der Waals surface area (Å²) in [4.78, 5) is 13.2. The van der Waals surface area contributed by atoms with Crippen molar-refractivity contribution in [2.45, 2.75) is 33.1 Å². The number of hydrogen-bond acceptors (Lipinski definition) is 5. The van der Waals surface area contributed by atoms with Crippen LogP contribution < -0.4 is 4.90 Å². The molecule has 0 unspecified atom stereocenters. The van der Waals surface area contributed by atoms with Crippen LogP contribution in [0.5, 0.6) is 0 Å². The first-order chi connectivity index (χ1) is 16.1. The first-order valence-corrected chi connectivity index (χ1v) is 13.7. The van der Waals surface area contributed by atoms with Crippen LogP contribution in [-0.4, -0.2) is 47.8 Å². The van der Waals surface area contributed by atoms with E-state index < -0.39 is 12.3 Å². The highest BCUT2D eigenvalue weighted by Crippen LogP contribution is 2.69. The van der Waals surface area contributed by atoms with E-state index in [1.807, 2.05) is 18.0 Å². The summed E-state index contributed by atoms with van der Waals surface area (Å²) in [6.45, 7) is 10.4. The van der Waals surface area contributed by atoms with Crippen LogP contribution >= 0.6 is 23.3 Å². The number of nitrogens with zero attached hydrogens (tertiary/aromatic N) is 6. The van der Waals surface area contributed by atoms with Crippen molar-refractivity contribution < 1.29 is 4.92 Å². The number of non-ortho nitro benzene ring substituents is 1. The molecule has 2 aromatic rings. The molecule has 2 aliphatic heterocycles. The van der Waals surface area contributed by atoms with E-state index in [4.69, 9.17) is 9.85 Å². The molecule has 0 N–H and O–H groups in total. The summed E-state index contributed by atoms with van der Waals surface area (Å²) in [5.41, 5.74) is 4.12. The molecule has 8 nitrogen and oxygen atoms in total. The SMILES string of the molecule is CCN(CC)[P@@]1(=Nc2ccc([N+](=O)[O-])cc2Br)/C(=C2\N(C)c3ccccc3C2(C)C)C=NN1C. The van der Waals surface area contributed by atoms with Gasteiger partial charge in [-0.1, -0.05) is 45.9 Å². The Kier molecular flexibility index (Phi) is 6.48. The summed E-state index contributed by atoms with van der Waals surface area (Å²) in [7, 11) is 1.56. The number of nitro groups is 1. The molecule has 34 heavy (non-hydrogen) atoms. The molecule has 0 radical (unpaired) electrons. The Morgan fingerprint density at radius 1 is 1.18 bits per heavy atom. The van der Waals surface area contributed by atoms with E-state index in [0.717, 1.165) is 18.4 Å². The Labute approximate surface area is 209 Å². The lowest BCUT2D eigenvalue weighted by atomic mass is 9.84. The number of likely N-dealkylation sites (N-methyl/N-ethyl adjacent to an activating group) is 1. The topological polar surface area (TPSA) is 77.6 Å². The van der Waals surface area contributed by atoms with Gasteiger partial charge >= 0.3 is 0 Å². The molecular weight excluding hydrogens is 515 g/mol. The zero-order valence-corrected chi connectivity index (χ0v) is 22.8. The van der Waals surface area contributed by atoms with Crippen LogP contribution in [0.2, 0.25) is 0 Å². The maximum atomic E-state index is 11.3. The Morgan fingerprint density at radius 2 is 1.85 bits per heavy atom. The molecular formula is C24H30BrN6O2P. The standard InChI is InChI=1S/C24H30BrN6O2P/c1-7-30(8-2)34(27-20-14-13-17(31(32)33)15-19(20)25)22(16-26-29(34)6)23-24(3,4)18-11-9-10-12-21(18)28(23)5/h9-16H,7-8H2,1-6H3/b23-22-/t34-/m1/s1. The van der Waals surface area contributed by atoms with Crippen molar-refractivity contribution in [2.75, 3.05) is 32.1 Å². The number of halogens is 1. The molecule has 0 spiro atoms. The minimum Gasteiger partial charge on any atom is -0.346 e. The number of hydrazone groups is 1. The summed E-state index contributed by atoms with van der Waals surface area (Å²) in [6, 6.07) is 13.2. The molecule has 0 fully saturated rings. The summed E-state index contributed by atoms with van der Waals surface area (Å²) in [5, 5.41) is 17.2. The normalized spacial score (nSPS) is 23.1. The summed E-state index contributed by atoms with van der Waals surface area (Å²) in [6.07, 6.45) is 1.97. The van der Waals surface area contributed by atoms with Gasteiger partial charge in [-0.25, -0.2) is 14.2 Å². The van der Waals surface area contributed by atoms with Gasteiger partial charge in [0.25, 0.3) is 5.69 Å². The Bertz CT molecular complexity index is 1270. The number of para-hydroxylation sites is 1. The second-order valence-electron chi connectivity index (χ2n) is 8.87. The molecule has 0 saturated carbocycles. The number of rotatable bonds is 5. The number of anilines is 1. The van der Waals surface area contributed by atoms with Gasteiger partial charge in [0.05, 0.1) is 26.6 Å². The van der Waals surface area contributed by atoms with E-state index in [1.165, 1.54) is 29.1 Å². The fraction of sp³-hybridized carbons (Fsp3) is 0.375. The zero-order chi connectivity index (χ0) is 24.8. The Hall–Kier alpha value is -2.48. The molecule has 0 saturated heterocycles. The molecule has 0 aliphatic carbocycles. The quantitative estimate of drug-likeness (QED) is 0.231. The maximum Gasteiger partial charge on any atom is 0.270 e. The minimum absolute atomic E-state index is 0.0303. The smallest absolute Gasteiger partial charge is 0.270 e. The van der Waals surface area contributed by atoms with Crippen molar-refractivity contribution in [3.8, 4) is 0 Å². The predicted molar refractivity (Wildman–Crippen MR) is 144 cm³/mol. The molecule has 4 rings (SSSR count). The molecule has 180 valence electrons. The molecule has 2 aromatic carbocycles. The highest BCUT2D eigenvalue weighted by atomic mass is 79.9. The zero-order valence-electron chi connectivity index (χ0n) is 20.4.